The van der Waals surface area contributed by atoms with Crippen LogP contribution in [0.1, 0.15) is 36.8 Å². The minimum Gasteiger partial charge on any atom is -0.305 e. The number of amides is 1. The van der Waals surface area contributed by atoms with Crippen LogP contribution in [0.2, 0.25) is 0 Å². The fourth-order valence-electron chi connectivity index (χ4n) is 2.04. The summed E-state index contributed by atoms with van der Waals surface area (Å²) in [5.74, 6) is 0.327. The first-order valence-corrected chi connectivity index (χ1v) is 6.74. The lowest BCUT2D eigenvalue weighted by Crippen LogP contribution is -2.12. The Morgan fingerprint density at radius 2 is 2.00 bits per heavy atom. The largest absolute Gasteiger partial charge is 0.305 e. The summed E-state index contributed by atoms with van der Waals surface area (Å²) in [4.78, 5) is 12.2. The predicted molar refractivity (Wildman–Crippen MR) is 81.3 cm³/mol. The second-order valence-electron chi connectivity index (χ2n) is 6.04. The number of nitrogens with one attached hydrogen (secondary N) is 3. The number of aromatic nitrogens is 4. The number of carbonyl (C=O) groups excluding carboxylic acids is 1. The molecule has 2 aromatic heterocycles. The van der Waals surface area contributed by atoms with E-state index in [0.717, 1.165) is 16.6 Å². The summed E-state index contributed by atoms with van der Waals surface area (Å²) in [6, 6.07) is 7.25. The lowest BCUT2D eigenvalue weighted by molar-refractivity contribution is 0.102. The zero-order valence-electron chi connectivity index (χ0n) is 12.2. The van der Waals surface area contributed by atoms with Crippen LogP contribution >= 0.6 is 0 Å². The highest BCUT2D eigenvalue weighted by atomic mass is 16.1. The number of carbonyl (C=O) groups is 1. The van der Waals surface area contributed by atoms with Gasteiger partial charge in [0.2, 0.25) is 0 Å². The molecule has 0 aliphatic rings. The number of fused-ring (bicyclic) bond motifs is 1. The maximum Gasteiger partial charge on any atom is 0.256 e. The highest BCUT2D eigenvalue weighted by molar-refractivity contribution is 6.05. The van der Waals surface area contributed by atoms with Crippen molar-refractivity contribution in [3.8, 4) is 0 Å². The molecule has 0 saturated heterocycles. The highest BCUT2D eigenvalue weighted by Crippen LogP contribution is 2.22. The van der Waals surface area contributed by atoms with Crippen molar-refractivity contribution < 1.29 is 4.79 Å². The molecular weight excluding hydrogens is 266 g/mol. The van der Waals surface area contributed by atoms with Gasteiger partial charge in [-0.1, -0.05) is 26.8 Å². The van der Waals surface area contributed by atoms with Gasteiger partial charge in [0.05, 0.1) is 11.7 Å². The number of benzene rings is 1. The third-order valence-electron chi connectivity index (χ3n) is 3.33. The van der Waals surface area contributed by atoms with E-state index in [9.17, 15) is 4.79 Å². The molecule has 0 unspecified atom stereocenters. The SMILES string of the molecule is CC(C)(C)c1cc(NC(=O)c2ccc3cn[nH]c3c2)n[nH]1. The monoisotopic (exact) mass is 283 g/mol. The first kappa shape index (κ1) is 13.4. The van der Waals surface area contributed by atoms with Crippen LogP contribution in [0.5, 0.6) is 0 Å². The highest BCUT2D eigenvalue weighted by Gasteiger charge is 2.17. The average molecular weight is 283 g/mol. The van der Waals surface area contributed by atoms with Gasteiger partial charge < -0.3 is 5.32 Å². The molecule has 21 heavy (non-hydrogen) atoms. The minimum atomic E-state index is -0.196. The van der Waals surface area contributed by atoms with Gasteiger partial charge in [-0.2, -0.15) is 10.2 Å². The van der Waals surface area contributed by atoms with Crippen LogP contribution in [0.25, 0.3) is 10.9 Å². The Balaban J connectivity index is 1.81. The quantitative estimate of drug-likeness (QED) is 0.676. The van der Waals surface area contributed by atoms with Crippen molar-refractivity contribution in [3.05, 3.63) is 41.7 Å². The van der Waals surface area contributed by atoms with Crippen molar-refractivity contribution in [1.82, 2.24) is 20.4 Å². The van der Waals surface area contributed by atoms with Crippen LogP contribution < -0.4 is 5.32 Å². The molecule has 2 heterocycles. The summed E-state index contributed by atoms with van der Waals surface area (Å²) in [6.07, 6.45) is 1.72. The zero-order chi connectivity index (χ0) is 15.0. The predicted octanol–water partition coefficient (Wildman–Crippen LogP) is 2.84. The fraction of sp³-hybridized carbons (Fsp3) is 0.267. The van der Waals surface area contributed by atoms with Gasteiger partial charge in [-0.05, 0) is 12.1 Å². The van der Waals surface area contributed by atoms with Crippen molar-refractivity contribution >= 4 is 22.6 Å². The van der Waals surface area contributed by atoms with Crippen molar-refractivity contribution in [2.45, 2.75) is 26.2 Å². The number of rotatable bonds is 2. The Bertz CT molecular complexity index is 794. The Morgan fingerprint density at radius 3 is 2.71 bits per heavy atom. The van der Waals surface area contributed by atoms with Gasteiger partial charge in [-0.25, -0.2) is 0 Å². The van der Waals surface area contributed by atoms with E-state index in [0.29, 0.717) is 11.4 Å². The first-order chi connectivity index (χ1) is 9.93. The van der Waals surface area contributed by atoms with Crippen molar-refractivity contribution in [2.24, 2.45) is 0 Å². The molecule has 0 spiro atoms. The molecule has 0 saturated carbocycles. The van der Waals surface area contributed by atoms with Crippen LogP contribution in [0, 0.1) is 0 Å². The number of hydrogen-bond donors (Lipinski definition) is 3. The van der Waals surface area contributed by atoms with E-state index in [1.165, 1.54) is 0 Å². The fourth-order valence-corrected chi connectivity index (χ4v) is 2.04. The summed E-state index contributed by atoms with van der Waals surface area (Å²) < 4.78 is 0. The summed E-state index contributed by atoms with van der Waals surface area (Å²) in [6.45, 7) is 6.24. The lowest BCUT2D eigenvalue weighted by atomic mass is 9.92. The van der Waals surface area contributed by atoms with Gasteiger partial charge in [0.15, 0.2) is 5.82 Å². The Kier molecular flexibility index (Phi) is 3.01. The maximum atomic E-state index is 12.2. The van der Waals surface area contributed by atoms with Crippen molar-refractivity contribution in [1.29, 1.82) is 0 Å². The summed E-state index contributed by atoms with van der Waals surface area (Å²) in [5, 5.41) is 17.6. The van der Waals surface area contributed by atoms with E-state index >= 15 is 0 Å². The second kappa shape index (κ2) is 4.73. The molecule has 0 bridgehead atoms. The topological polar surface area (TPSA) is 86.5 Å². The molecule has 0 radical (unpaired) electrons. The Morgan fingerprint density at radius 1 is 1.19 bits per heavy atom. The molecule has 6 nitrogen and oxygen atoms in total. The molecule has 1 amide bonds. The summed E-state index contributed by atoms with van der Waals surface area (Å²) in [7, 11) is 0. The smallest absolute Gasteiger partial charge is 0.256 e. The Labute approximate surface area is 122 Å². The van der Waals surface area contributed by atoms with E-state index in [1.54, 1.807) is 18.3 Å². The molecule has 0 aliphatic carbocycles. The van der Waals surface area contributed by atoms with Crippen molar-refractivity contribution in [2.75, 3.05) is 5.32 Å². The van der Waals surface area contributed by atoms with Crippen LogP contribution in [0.4, 0.5) is 5.82 Å². The number of hydrogen-bond acceptors (Lipinski definition) is 3. The number of aromatic amines is 2. The van der Waals surface area contributed by atoms with Gasteiger partial charge in [-0.3, -0.25) is 15.0 Å². The van der Waals surface area contributed by atoms with Gasteiger partial charge in [0, 0.05) is 28.1 Å². The molecule has 108 valence electrons. The van der Waals surface area contributed by atoms with E-state index in [4.69, 9.17) is 0 Å². The summed E-state index contributed by atoms with van der Waals surface area (Å²) in [5.41, 5.74) is 2.33. The minimum absolute atomic E-state index is 0.0369. The van der Waals surface area contributed by atoms with Gasteiger partial charge in [-0.15, -0.1) is 0 Å². The molecular formula is C15H17N5O. The molecule has 3 aromatic rings. The molecule has 0 atom stereocenters. The number of H-pyrrole nitrogens is 2. The van der Waals surface area contributed by atoms with Crippen molar-refractivity contribution in [3.63, 3.8) is 0 Å². The number of anilines is 1. The average Bonchev–Trinajstić information content (AvgIpc) is 3.04. The molecule has 0 aliphatic heterocycles. The van der Waals surface area contributed by atoms with Crippen LogP contribution in [-0.4, -0.2) is 26.3 Å². The lowest BCUT2D eigenvalue weighted by Gasteiger charge is -2.14. The number of nitrogens with zero attached hydrogens (tertiary/aromatic N) is 2. The molecule has 6 heteroatoms. The molecule has 0 fully saturated rings. The molecule has 1 aromatic carbocycles. The van der Waals surface area contributed by atoms with E-state index in [-0.39, 0.29) is 11.3 Å². The van der Waals surface area contributed by atoms with Crippen LogP contribution in [-0.2, 0) is 5.41 Å². The normalized spacial score (nSPS) is 11.8. The zero-order valence-corrected chi connectivity index (χ0v) is 12.2. The molecule has 3 N–H and O–H groups in total. The maximum absolute atomic E-state index is 12.2. The Hall–Kier alpha value is -2.63. The first-order valence-electron chi connectivity index (χ1n) is 6.74. The third kappa shape index (κ3) is 2.65. The summed E-state index contributed by atoms with van der Waals surface area (Å²) >= 11 is 0. The van der Waals surface area contributed by atoms with Crippen LogP contribution in [0.3, 0.4) is 0 Å². The van der Waals surface area contributed by atoms with E-state index in [1.807, 2.05) is 12.1 Å². The van der Waals surface area contributed by atoms with Gasteiger partial charge in [0.1, 0.15) is 0 Å². The van der Waals surface area contributed by atoms with Gasteiger partial charge >= 0.3 is 0 Å². The van der Waals surface area contributed by atoms with E-state index < -0.39 is 0 Å². The van der Waals surface area contributed by atoms with Crippen LogP contribution in [0.15, 0.2) is 30.5 Å². The second-order valence-corrected chi connectivity index (χ2v) is 6.04. The third-order valence-corrected chi connectivity index (χ3v) is 3.33. The van der Waals surface area contributed by atoms with E-state index in [2.05, 4.69) is 46.5 Å². The van der Waals surface area contributed by atoms with Gasteiger partial charge in [0.25, 0.3) is 5.91 Å². The standard InChI is InChI=1S/C15H17N5O/c1-15(2,3)12-7-13(20-19-12)17-14(21)9-4-5-10-8-16-18-11(10)6-9/h4-8H,1-3H3,(H,16,18)(H2,17,19,20,21). The molecule has 3 rings (SSSR count).